The Labute approximate surface area is 167 Å². The van der Waals surface area contributed by atoms with Gasteiger partial charge in [-0.05, 0) is 24.3 Å². The largest absolute Gasteiger partial charge is 0.383 e. The van der Waals surface area contributed by atoms with Crippen LogP contribution in [-0.4, -0.2) is 52.1 Å². The Morgan fingerprint density at radius 1 is 1.28 bits per heavy atom. The summed E-state index contributed by atoms with van der Waals surface area (Å²) in [5.74, 6) is 0.590. The van der Waals surface area contributed by atoms with Gasteiger partial charge >= 0.3 is 0 Å². The third-order valence-electron chi connectivity index (χ3n) is 5.02. The van der Waals surface area contributed by atoms with Crippen molar-refractivity contribution in [2.75, 3.05) is 32.1 Å². The number of ether oxygens (including phenoxy) is 1. The third kappa shape index (κ3) is 3.96. The first-order valence-corrected chi connectivity index (χ1v) is 9.31. The topological polar surface area (TPSA) is 103 Å². The van der Waals surface area contributed by atoms with Crippen molar-refractivity contribution in [1.29, 1.82) is 0 Å². The standard InChI is InChI=1S/C20H21N5O4/c1-29-10-9-23-7-8-24-18-6-5-15(12-17(18)22-19(24)13-23)21-20(26)14-3-2-4-16(11-14)25(27)28/h2-6,11-12H,7-10,13H2,1H3,(H,21,26). The second-order valence-electron chi connectivity index (χ2n) is 6.91. The number of aromatic nitrogens is 2. The van der Waals surface area contributed by atoms with Gasteiger partial charge in [0.2, 0.25) is 0 Å². The van der Waals surface area contributed by atoms with E-state index in [1.807, 2.05) is 18.2 Å². The van der Waals surface area contributed by atoms with Crippen LogP contribution in [0, 0.1) is 10.1 Å². The van der Waals surface area contributed by atoms with Gasteiger partial charge in [0.05, 0.1) is 29.1 Å². The first kappa shape index (κ1) is 19.0. The zero-order valence-electron chi connectivity index (χ0n) is 16.0. The van der Waals surface area contributed by atoms with Gasteiger partial charge in [-0.25, -0.2) is 4.98 Å². The third-order valence-corrected chi connectivity index (χ3v) is 5.02. The molecule has 9 nitrogen and oxygen atoms in total. The molecule has 1 aliphatic rings. The summed E-state index contributed by atoms with van der Waals surface area (Å²) < 4.78 is 7.35. The molecule has 1 amide bonds. The maximum Gasteiger partial charge on any atom is 0.270 e. The molecule has 3 aromatic rings. The molecule has 29 heavy (non-hydrogen) atoms. The van der Waals surface area contributed by atoms with Gasteiger partial charge in [0.1, 0.15) is 5.82 Å². The lowest BCUT2D eigenvalue weighted by atomic mass is 10.2. The molecule has 1 aromatic heterocycles. The molecule has 4 rings (SSSR count). The fraction of sp³-hybridized carbons (Fsp3) is 0.300. The predicted molar refractivity (Wildman–Crippen MR) is 108 cm³/mol. The van der Waals surface area contributed by atoms with E-state index < -0.39 is 10.8 Å². The summed E-state index contributed by atoms with van der Waals surface area (Å²) in [5, 5.41) is 13.7. The van der Waals surface area contributed by atoms with Crippen LogP contribution in [0.5, 0.6) is 0 Å². The molecule has 0 radical (unpaired) electrons. The highest BCUT2D eigenvalue weighted by molar-refractivity contribution is 6.05. The summed E-state index contributed by atoms with van der Waals surface area (Å²) in [6.07, 6.45) is 0. The molecule has 0 spiro atoms. The summed E-state index contributed by atoms with van der Waals surface area (Å²) in [4.78, 5) is 29.9. The number of methoxy groups -OCH3 is 1. The Morgan fingerprint density at radius 2 is 2.14 bits per heavy atom. The Kier molecular flexibility index (Phi) is 5.24. The number of carbonyl (C=O) groups excluding carboxylic acids is 1. The quantitative estimate of drug-likeness (QED) is 0.508. The molecule has 1 N–H and O–H groups in total. The van der Waals surface area contributed by atoms with E-state index in [2.05, 4.69) is 14.8 Å². The Morgan fingerprint density at radius 3 is 2.93 bits per heavy atom. The number of rotatable bonds is 6. The van der Waals surface area contributed by atoms with Crippen LogP contribution in [0.4, 0.5) is 11.4 Å². The summed E-state index contributed by atoms with van der Waals surface area (Å²) >= 11 is 0. The van der Waals surface area contributed by atoms with Crippen LogP contribution in [0.15, 0.2) is 42.5 Å². The van der Waals surface area contributed by atoms with Crippen LogP contribution >= 0.6 is 0 Å². The van der Waals surface area contributed by atoms with E-state index in [1.54, 1.807) is 13.2 Å². The summed E-state index contributed by atoms with van der Waals surface area (Å²) in [6.45, 7) is 4.10. The van der Waals surface area contributed by atoms with Crippen LogP contribution in [0.1, 0.15) is 16.2 Å². The van der Waals surface area contributed by atoms with Crippen molar-refractivity contribution >= 4 is 28.3 Å². The van der Waals surface area contributed by atoms with E-state index in [0.717, 1.165) is 43.0 Å². The fourth-order valence-corrected chi connectivity index (χ4v) is 3.52. The highest BCUT2D eigenvalue weighted by Gasteiger charge is 2.20. The number of nitro groups is 1. The van der Waals surface area contributed by atoms with E-state index >= 15 is 0 Å². The van der Waals surface area contributed by atoms with Crippen molar-refractivity contribution in [3.05, 3.63) is 64.0 Å². The Hall–Kier alpha value is -3.30. The van der Waals surface area contributed by atoms with Crippen LogP contribution in [0.25, 0.3) is 11.0 Å². The van der Waals surface area contributed by atoms with Gasteiger partial charge in [0, 0.05) is 50.1 Å². The van der Waals surface area contributed by atoms with Crippen LogP contribution < -0.4 is 5.32 Å². The van der Waals surface area contributed by atoms with Gasteiger partial charge in [-0.2, -0.15) is 0 Å². The zero-order valence-corrected chi connectivity index (χ0v) is 16.0. The summed E-state index contributed by atoms with van der Waals surface area (Å²) in [6, 6.07) is 11.3. The van der Waals surface area contributed by atoms with E-state index in [1.165, 1.54) is 18.2 Å². The number of nitro benzene ring substituents is 1. The number of fused-ring (bicyclic) bond motifs is 3. The minimum Gasteiger partial charge on any atom is -0.383 e. The minimum absolute atomic E-state index is 0.118. The van der Waals surface area contributed by atoms with Crippen molar-refractivity contribution in [2.24, 2.45) is 0 Å². The molecule has 150 valence electrons. The van der Waals surface area contributed by atoms with Crippen molar-refractivity contribution in [3.8, 4) is 0 Å². The molecule has 9 heteroatoms. The number of nitrogens with one attached hydrogen (secondary N) is 1. The Bertz CT molecular complexity index is 1080. The first-order valence-electron chi connectivity index (χ1n) is 9.31. The zero-order chi connectivity index (χ0) is 20.4. The summed E-state index contributed by atoms with van der Waals surface area (Å²) in [7, 11) is 1.70. The number of carbonyl (C=O) groups is 1. The monoisotopic (exact) mass is 395 g/mol. The van der Waals surface area contributed by atoms with Gasteiger partial charge in [0.15, 0.2) is 0 Å². The second-order valence-corrected chi connectivity index (χ2v) is 6.91. The van der Waals surface area contributed by atoms with E-state index in [9.17, 15) is 14.9 Å². The minimum atomic E-state index is -0.519. The Balaban J connectivity index is 1.53. The molecule has 0 aliphatic carbocycles. The molecule has 0 bridgehead atoms. The van der Waals surface area contributed by atoms with Crippen molar-refractivity contribution in [1.82, 2.24) is 14.5 Å². The van der Waals surface area contributed by atoms with Gasteiger partial charge in [-0.3, -0.25) is 19.8 Å². The van der Waals surface area contributed by atoms with Gasteiger partial charge < -0.3 is 14.6 Å². The number of amides is 1. The maximum atomic E-state index is 12.5. The number of imidazole rings is 1. The normalized spacial score (nSPS) is 14.0. The number of hydrogen-bond donors (Lipinski definition) is 1. The lowest BCUT2D eigenvalue weighted by Gasteiger charge is -2.27. The lowest BCUT2D eigenvalue weighted by molar-refractivity contribution is -0.384. The lowest BCUT2D eigenvalue weighted by Crippen LogP contribution is -2.35. The molecule has 0 unspecified atom stereocenters. The molecule has 0 saturated heterocycles. The molecule has 0 fully saturated rings. The number of non-ortho nitro benzene ring substituents is 1. The molecular formula is C20H21N5O4. The van der Waals surface area contributed by atoms with Crippen molar-refractivity contribution in [2.45, 2.75) is 13.1 Å². The highest BCUT2D eigenvalue weighted by atomic mass is 16.6. The van der Waals surface area contributed by atoms with Crippen LogP contribution in [-0.2, 0) is 17.8 Å². The second kappa shape index (κ2) is 7.98. The van der Waals surface area contributed by atoms with Gasteiger partial charge in [0.25, 0.3) is 11.6 Å². The number of nitrogens with zero attached hydrogens (tertiary/aromatic N) is 4. The highest BCUT2D eigenvalue weighted by Crippen LogP contribution is 2.24. The molecule has 0 saturated carbocycles. The maximum absolute atomic E-state index is 12.5. The SMILES string of the molecule is COCCN1CCn2c(nc3cc(NC(=O)c4cccc([N+](=O)[O-])c4)ccc32)C1. The number of benzene rings is 2. The van der Waals surface area contributed by atoms with E-state index in [4.69, 9.17) is 9.72 Å². The number of hydrogen-bond acceptors (Lipinski definition) is 6. The molecule has 2 aromatic carbocycles. The molecular weight excluding hydrogens is 374 g/mol. The predicted octanol–water partition coefficient (Wildman–Crippen LogP) is 2.66. The van der Waals surface area contributed by atoms with Crippen molar-refractivity contribution in [3.63, 3.8) is 0 Å². The average Bonchev–Trinajstić information content (AvgIpc) is 3.09. The first-order chi connectivity index (χ1) is 14.0. The smallest absolute Gasteiger partial charge is 0.270 e. The van der Waals surface area contributed by atoms with Gasteiger partial charge in [-0.1, -0.05) is 6.07 Å². The van der Waals surface area contributed by atoms with E-state index in [0.29, 0.717) is 12.3 Å². The van der Waals surface area contributed by atoms with E-state index in [-0.39, 0.29) is 11.3 Å². The van der Waals surface area contributed by atoms with Crippen LogP contribution in [0.2, 0.25) is 0 Å². The van der Waals surface area contributed by atoms with Gasteiger partial charge in [-0.15, -0.1) is 0 Å². The number of anilines is 1. The molecule has 2 heterocycles. The summed E-state index contributed by atoms with van der Waals surface area (Å²) in [5.41, 5.74) is 2.55. The van der Waals surface area contributed by atoms with Crippen molar-refractivity contribution < 1.29 is 14.5 Å². The molecule has 0 atom stereocenters. The fourth-order valence-electron chi connectivity index (χ4n) is 3.52. The van der Waals surface area contributed by atoms with Crippen LogP contribution in [0.3, 0.4) is 0 Å². The average molecular weight is 395 g/mol. The molecule has 1 aliphatic heterocycles.